The highest BCUT2D eigenvalue weighted by molar-refractivity contribution is 4.68. The third kappa shape index (κ3) is 15.9. The maximum atomic E-state index is 6.23. The quantitative estimate of drug-likeness (QED) is 0.246. The molecule has 1 heteroatoms. The zero-order chi connectivity index (χ0) is 16.0. The van der Waals surface area contributed by atoms with Gasteiger partial charge in [-0.2, -0.15) is 0 Å². The van der Waals surface area contributed by atoms with Crippen molar-refractivity contribution in [3.05, 3.63) is 12.7 Å². The molecule has 0 aliphatic rings. The van der Waals surface area contributed by atoms with Crippen LogP contribution in [-0.2, 0) is 4.74 Å². The van der Waals surface area contributed by atoms with Gasteiger partial charge in [-0.25, -0.2) is 0 Å². The standard InChI is InChI=1S/C20H40O/c1-6-8-10-11-12-13-14-16-18-19(17-15-9-7-2)21-20(3,4)5/h6,19H,1,7-18H2,2-5H3. The Hall–Kier alpha value is -0.300. The molecule has 1 atom stereocenters. The Kier molecular flexibility index (Phi) is 13.2. The first kappa shape index (κ1) is 20.7. The lowest BCUT2D eigenvalue weighted by Gasteiger charge is -2.28. The van der Waals surface area contributed by atoms with Crippen molar-refractivity contribution in [2.24, 2.45) is 0 Å². The molecule has 0 aromatic carbocycles. The minimum absolute atomic E-state index is 0.00156. The second kappa shape index (κ2) is 13.4. The molecule has 1 unspecified atom stereocenters. The van der Waals surface area contributed by atoms with Gasteiger partial charge in [0.05, 0.1) is 11.7 Å². The highest BCUT2D eigenvalue weighted by Crippen LogP contribution is 2.21. The monoisotopic (exact) mass is 296 g/mol. The van der Waals surface area contributed by atoms with Crippen molar-refractivity contribution in [1.82, 2.24) is 0 Å². The minimum Gasteiger partial charge on any atom is -0.373 e. The Balaban J connectivity index is 3.71. The molecule has 0 saturated carbocycles. The average Bonchev–Trinajstić information content (AvgIpc) is 2.40. The zero-order valence-electron chi connectivity index (χ0n) is 15.3. The van der Waals surface area contributed by atoms with Crippen LogP contribution < -0.4 is 0 Å². The first-order valence-electron chi connectivity index (χ1n) is 9.28. The van der Waals surface area contributed by atoms with Crippen molar-refractivity contribution in [3.63, 3.8) is 0 Å². The first-order chi connectivity index (χ1) is 9.99. The van der Waals surface area contributed by atoms with E-state index >= 15 is 0 Å². The lowest BCUT2D eigenvalue weighted by molar-refractivity contribution is -0.0677. The minimum atomic E-state index is 0.00156. The van der Waals surface area contributed by atoms with Crippen molar-refractivity contribution < 1.29 is 4.74 Å². The molecular weight excluding hydrogens is 256 g/mol. The van der Waals surface area contributed by atoms with Gasteiger partial charge in [0.15, 0.2) is 0 Å². The van der Waals surface area contributed by atoms with Crippen LogP contribution in [0.25, 0.3) is 0 Å². The van der Waals surface area contributed by atoms with Gasteiger partial charge < -0.3 is 4.74 Å². The highest BCUT2D eigenvalue weighted by atomic mass is 16.5. The topological polar surface area (TPSA) is 9.23 Å². The van der Waals surface area contributed by atoms with Crippen LogP contribution in [0.5, 0.6) is 0 Å². The van der Waals surface area contributed by atoms with E-state index in [0.29, 0.717) is 6.10 Å². The van der Waals surface area contributed by atoms with E-state index in [4.69, 9.17) is 4.74 Å². The van der Waals surface area contributed by atoms with Crippen LogP contribution in [0.2, 0.25) is 0 Å². The molecule has 126 valence electrons. The van der Waals surface area contributed by atoms with Gasteiger partial charge in [-0.05, 0) is 46.5 Å². The van der Waals surface area contributed by atoms with Crippen LogP contribution in [0.1, 0.15) is 105 Å². The van der Waals surface area contributed by atoms with Gasteiger partial charge in [-0.1, -0.05) is 64.4 Å². The summed E-state index contributed by atoms with van der Waals surface area (Å²) in [5.41, 5.74) is 0.00156. The van der Waals surface area contributed by atoms with E-state index in [1.807, 2.05) is 6.08 Å². The van der Waals surface area contributed by atoms with Crippen molar-refractivity contribution >= 4 is 0 Å². The molecule has 0 spiro atoms. The van der Waals surface area contributed by atoms with Crippen LogP contribution in [-0.4, -0.2) is 11.7 Å². The largest absolute Gasteiger partial charge is 0.373 e. The molecule has 0 N–H and O–H groups in total. The third-order valence-corrected chi connectivity index (χ3v) is 3.83. The first-order valence-corrected chi connectivity index (χ1v) is 9.28. The number of hydrogen-bond donors (Lipinski definition) is 0. The van der Waals surface area contributed by atoms with E-state index < -0.39 is 0 Å². The molecule has 0 aromatic heterocycles. The van der Waals surface area contributed by atoms with E-state index in [0.717, 1.165) is 0 Å². The number of ether oxygens (including phenoxy) is 1. The Bertz CT molecular complexity index is 226. The average molecular weight is 297 g/mol. The molecule has 0 fully saturated rings. The molecule has 0 saturated heterocycles. The maximum Gasteiger partial charge on any atom is 0.0602 e. The van der Waals surface area contributed by atoms with Crippen molar-refractivity contribution in [1.29, 1.82) is 0 Å². The predicted octanol–water partition coefficient (Wildman–Crippen LogP) is 7.06. The fraction of sp³-hybridized carbons (Fsp3) is 0.900. The Morgan fingerprint density at radius 1 is 0.857 bits per heavy atom. The summed E-state index contributed by atoms with van der Waals surface area (Å²) in [6.07, 6.45) is 18.3. The van der Waals surface area contributed by atoms with E-state index in [9.17, 15) is 0 Å². The van der Waals surface area contributed by atoms with Crippen LogP contribution in [0.4, 0.5) is 0 Å². The highest BCUT2D eigenvalue weighted by Gasteiger charge is 2.18. The van der Waals surface area contributed by atoms with Crippen molar-refractivity contribution in [3.8, 4) is 0 Å². The molecular formula is C20H40O. The lowest BCUT2D eigenvalue weighted by Crippen LogP contribution is -2.27. The summed E-state index contributed by atoms with van der Waals surface area (Å²) in [6.45, 7) is 12.6. The Morgan fingerprint density at radius 2 is 1.38 bits per heavy atom. The van der Waals surface area contributed by atoms with Gasteiger partial charge in [-0.15, -0.1) is 6.58 Å². The van der Waals surface area contributed by atoms with Gasteiger partial charge in [0.25, 0.3) is 0 Å². The normalized spacial score (nSPS) is 13.3. The van der Waals surface area contributed by atoms with Gasteiger partial charge in [-0.3, -0.25) is 0 Å². The molecule has 0 bridgehead atoms. The number of unbranched alkanes of at least 4 members (excludes halogenated alkanes) is 8. The Labute approximate surface area is 134 Å². The van der Waals surface area contributed by atoms with E-state index in [1.54, 1.807) is 0 Å². The molecule has 0 aliphatic heterocycles. The molecule has 21 heavy (non-hydrogen) atoms. The molecule has 0 amide bonds. The van der Waals surface area contributed by atoms with Crippen LogP contribution in [0.15, 0.2) is 12.7 Å². The summed E-state index contributed by atoms with van der Waals surface area (Å²) in [5, 5.41) is 0. The van der Waals surface area contributed by atoms with Gasteiger partial charge in [0.1, 0.15) is 0 Å². The van der Waals surface area contributed by atoms with Crippen molar-refractivity contribution in [2.45, 2.75) is 116 Å². The molecule has 1 nitrogen and oxygen atoms in total. The van der Waals surface area contributed by atoms with E-state index in [2.05, 4.69) is 34.3 Å². The number of rotatable bonds is 14. The fourth-order valence-corrected chi connectivity index (χ4v) is 2.75. The summed E-state index contributed by atoms with van der Waals surface area (Å²) < 4.78 is 6.23. The second-order valence-electron chi connectivity index (χ2n) is 7.34. The smallest absolute Gasteiger partial charge is 0.0602 e. The number of allylic oxidation sites excluding steroid dienone is 1. The van der Waals surface area contributed by atoms with Gasteiger partial charge in [0.2, 0.25) is 0 Å². The molecule has 0 aromatic rings. The number of hydrogen-bond acceptors (Lipinski definition) is 1. The molecule has 0 rings (SSSR count). The van der Waals surface area contributed by atoms with E-state index in [1.165, 1.54) is 77.0 Å². The summed E-state index contributed by atoms with van der Waals surface area (Å²) >= 11 is 0. The van der Waals surface area contributed by atoms with Crippen LogP contribution >= 0.6 is 0 Å². The summed E-state index contributed by atoms with van der Waals surface area (Å²) in [4.78, 5) is 0. The zero-order valence-corrected chi connectivity index (χ0v) is 15.3. The fourth-order valence-electron chi connectivity index (χ4n) is 2.75. The summed E-state index contributed by atoms with van der Waals surface area (Å²) in [7, 11) is 0. The van der Waals surface area contributed by atoms with Crippen LogP contribution in [0, 0.1) is 0 Å². The molecule has 0 heterocycles. The van der Waals surface area contributed by atoms with Gasteiger partial charge in [0, 0.05) is 0 Å². The Morgan fingerprint density at radius 3 is 1.90 bits per heavy atom. The third-order valence-electron chi connectivity index (χ3n) is 3.83. The SMILES string of the molecule is C=CCCCCCCCCC(CCCCC)OC(C)(C)C. The van der Waals surface area contributed by atoms with Crippen molar-refractivity contribution in [2.75, 3.05) is 0 Å². The van der Waals surface area contributed by atoms with Crippen LogP contribution in [0.3, 0.4) is 0 Å². The maximum absolute atomic E-state index is 6.23. The lowest BCUT2D eigenvalue weighted by atomic mass is 10.0. The predicted molar refractivity (Wildman–Crippen MR) is 95.9 cm³/mol. The molecule has 0 radical (unpaired) electrons. The molecule has 0 aliphatic carbocycles. The van der Waals surface area contributed by atoms with E-state index in [-0.39, 0.29) is 5.60 Å². The van der Waals surface area contributed by atoms with Gasteiger partial charge >= 0.3 is 0 Å². The summed E-state index contributed by atoms with van der Waals surface area (Å²) in [6, 6.07) is 0. The summed E-state index contributed by atoms with van der Waals surface area (Å²) in [5.74, 6) is 0. The second-order valence-corrected chi connectivity index (χ2v) is 7.34.